The van der Waals surface area contributed by atoms with Gasteiger partial charge in [-0.2, -0.15) is 0 Å². The summed E-state index contributed by atoms with van der Waals surface area (Å²) in [5.74, 6) is -0.744. The Morgan fingerprint density at radius 3 is 2.23 bits per heavy atom. The number of carbonyl (C=O) groups excluding carboxylic acids is 3. The van der Waals surface area contributed by atoms with Gasteiger partial charge in [0.1, 0.15) is 11.2 Å². The minimum absolute atomic E-state index is 0.128. The molecule has 0 saturated carbocycles. The van der Waals surface area contributed by atoms with Crippen molar-refractivity contribution >= 4 is 18.0 Å². The molecule has 7 heteroatoms. The molecule has 7 nitrogen and oxygen atoms in total. The molecule has 0 spiro atoms. The zero-order valence-corrected chi connectivity index (χ0v) is 18.8. The Balaban J connectivity index is 2.30. The highest BCUT2D eigenvalue weighted by molar-refractivity contribution is 6.00. The van der Waals surface area contributed by atoms with Crippen molar-refractivity contribution < 1.29 is 23.9 Å². The molecule has 0 aromatic heterocycles. The van der Waals surface area contributed by atoms with E-state index in [0.717, 1.165) is 10.6 Å². The molecule has 2 atom stereocenters. The second-order valence-corrected chi connectivity index (χ2v) is 9.45. The van der Waals surface area contributed by atoms with E-state index in [-0.39, 0.29) is 5.78 Å². The zero-order valence-electron chi connectivity index (χ0n) is 18.8. The summed E-state index contributed by atoms with van der Waals surface area (Å²) in [6, 6.07) is 6.67. The Bertz CT molecular complexity index is 833. The molecule has 0 heterocycles. The first-order chi connectivity index (χ1) is 13.8. The van der Waals surface area contributed by atoms with Gasteiger partial charge in [0.15, 0.2) is 5.78 Å². The van der Waals surface area contributed by atoms with Gasteiger partial charge in [0, 0.05) is 5.56 Å². The van der Waals surface area contributed by atoms with Crippen LogP contribution in [0, 0.1) is 12.8 Å². The number of hydrogen-bond donors (Lipinski definition) is 1. The maximum absolute atomic E-state index is 13.2. The quantitative estimate of drug-likeness (QED) is 0.435. The van der Waals surface area contributed by atoms with E-state index in [0.29, 0.717) is 12.0 Å². The molecule has 1 aliphatic carbocycles. The van der Waals surface area contributed by atoms with Gasteiger partial charge in [-0.3, -0.25) is 4.79 Å². The second-order valence-electron chi connectivity index (χ2n) is 9.45. The molecular weight excluding hydrogens is 384 g/mol. The number of benzene rings is 1. The summed E-state index contributed by atoms with van der Waals surface area (Å²) in [5, 5.41) is 1.08. The Labute approximate surface area is 178 Å². The van der Waals surface area contributed by atoms with Gasteiger partial charge in [-0.1, -0.05) is 35.9 Å². The highest BCUT2D eigenvalue weighted by Gasteiger charge is 2.40. The molecule has 0 saturated heterocycles. The fourth-order valence-electron chi connectivity index (χ4n) is 3.13. The van der Waals surface area contributed by atoms with Crippen molar-refractivity contribution in [3.8, 4) is 0 Å². The maximum atomic E-state index is 13.2. The van der Waals surface area contributed by atoms with E-state index in [1.807, 2.05) is 31.2 Å². The number of aryl methyl sites for hydroxylation is 1. The molecule has 164 valence electrons. The number of Topliss-reactive ketones (excluding diaryl/α,β-unsaturated/α-hetero) is 1. The summed E-state index contributed by atoms with van der Waals surface area (Å²) in [5.41, 5.74) is 2.50. The van der Waals surface area contributed by atoms with Gasteiger partial charge in [0.2, 0.25) is 0 Å². The lowest BCUT2D eigenvalue weighted by atomic mass is 9.92. The summed E-state index contributed by atoms with van der Waals surface area (Å²) in [4.78, 5) is 38.5. The van der Waals surface area contributed by atoms with E-state index < -0.39 is 35.3 Å². The summed E-state index contributed by atoms with van der Waals surface area (Å²) in [7, 11) is 0. The van der Waals surface area contributed by atoms with Crippen LogP contribution in [-0.4, -0.2) is 40.2 Å². The van der Waals surface area contributed by atoms with Gasteiger partial charge in [0.05, 0.1) is 12.0 Å². The molecule has 1 aromatic rings. The Kier molecular flexibility index (Phi) is 6.95. The number of nitrogens with zero attached hydrogens (tertiary/aromatic N) is 1. The fraction of sp³-hybridized carbons (Fsp3) is 0.522. The lowest BCUT2D eigenvalue weighted by Gasteiger charge is -2.34. The molecule has 0 aliphatic heterocycles. The van der Waals surface area contributed by atoms with Crippen molar-refractivity contribution in [2.45, 2.75) is 72.1 Å². The van der Waals surface area contributed by atoms with Crippen LogP contribution in [0.1, 0.15) is 63.9 Å². The first-order valence-corrected chi connectivity index (χ1v) is 10.1. The topological polar surface area (TPSA) is 84.9 Å². The van der Waals surface area contributed by atoms with Crippen LogP contribution in [0.2, 0.25) is 0 Å². The molecule has 1 aliphatic rings. The van der Waals surface area contributed by atoms with Gasteiger partial charge >= 0.3 is 12.2 Å². The third-order valence-corrected chi connectivity index (χ3v) is 4.27. The predicted molar refractivity (Wildman–Crippen MR) is 114 cm³/mol. The number of carbonyl (C=O) groups is 3. The molecule has 1 N–H and O–H groups in total. The molecule has 2 rings (SSSR count). The number of nitrogens with one attached hydrogen (secondary N) is 1. The second kappa shape index (κ2) is 8.90. The summed E-state index contributed by atoms with van der Waals surface area (Å²) in [6.45, 7) is 12.3. The molecule has 2 amide bonds. The van der Waals surface area contributed by atoms with Crippen molar-refractivity contribution in [3.63, 3.8) is 0 Å². The number of ketones is 1. The molecule has 0 bridgehead atoms. The van der Waals surface area contributed by atoms with Gasteiger partial charge in [-0.25, -0.2) is 20.0 Å². The van der Waals surface area contributed by atoms with E-state index in [1.165, 1.54) is 0 Å². The van der Waals surface area contributed by atoms with Crippen molar-refractivity contribution in [2.75, 3.05) is 0 Å². The van der Waals surface area contributed by atoms with E-state index in [4.69, 9.17) is 9.47 Å². The summed E-state index contributed by atoms with van der Waals surface area (Å²) in [6.07, 6.45) is 2.46. The Morgan fingerprint density at radius 1 is 1.03 bits per heavy atom. The van der Waals surface area contributed by atoms with Crippen LogP contribution < -0.4 is 5.43 Å². The highest BCUT2D eigenvalue weighted by atomic mass is 16.6. The van der Waals surface area contributed by atoms with Crippen LogP contribution in [0.4, 0.5) is 9.59 Å². The minimum atomic E-state index is -0.790. The number of amides is 2. The molecular formula is C23H32N2O5. The number of rotatable bonds is 3. The van der Waals surface area contributed by atoms with Crippen LogP contribution in [0.25, 0.3) is 0 Å². The van der Waals surface area contributed by atoms with E-state index in [9.17, 15) is 14.4 Å². The maximum Gasteiger partial charge on any atom is 0.429 e. The van der Waals surface area contributed by atoms with Gasteiger partial charge < -0.3 is 9.47 Å². The Morgan fingerprint density at radius 2 is 1.67 bits per heavy atom. The predicted octanol–water partition coefficient (Wildman–Crippen LogP) is 4.80. The molecule has 30 heavy (non-hydrogen) atoms. The average molecular weight is 417 g/mol. The monoisotopic (exact) mass is 416 g/mol. The molecule has 1 aromatic carbocycles. The highest BCUT2D eigenvalue weighted by Crippen LogP contribution is 2.28. The van der Waals surface area contributed by atoms with Crippen LogP contribution in [0.3, 0.4) is 0 Å². The van der Waals surface area contributed by atoms with Gasteiger partial charge in [0.25, 0.3) is 0 Å². The van der Waals surface area contributed by atoms with Crippen LogP contribution >= 0.6 is 0 Å². The van der Waals surface area contributed by atoms with Gasteiger partial charge in [-0.05, 0) is 61.0 Å². The number of ether oxygens (including phenoxy) is 2. The molecule has 0 fully saturated rings. The molecule has 0 unspecified atom stereocenters. The number of hydrazine groups is 1. The van der Waals surface area contributed by atoms with Gasteiger partial charge in [-0.15, -0.1) is 0 Å². The standard InChI is InChI=1S/C23H32N2O5/c1-15-10-8-11-16(14-15)19(26)17-12-9-13-18(17)25(21(28)30-23(5,6)7)24-20(27)29-22(2,3)4/h8-12,14,17-18H,13H2,1-7H3,(H,24,27)/t17-,18-/m0/s1. The average Bonchev–Trinajstić information content (AvgIpc) is 3.05. The number of hydrogen-bond acceptors (Lipinski definition) is 5. The van der Waals surface area contributed by atoms with E-state index in [2.05, 4.69) is 5.43 Å². The van der Waals surface area contributed by atoms with E-state index in [1.54, 1.807) is 53.7 Å². The van der Waals surface area contributed by atoms with E-state index >= 15 is 0 Å². The third kappa shape index (κ3) is 6.61. The van der Waals surface area contributed by atoms with Crippen molar-refractivity contribution in [2.24, 2.45) is 5.92 Å². The van der Waals surface area contributed by atoms with Crippen LogP contribution in [0.5, 0.6) is 0 Å². The fourth-order valence-corrected chi connectivity index (χ4v) is 3.13. The van der Waals surface area contributed by atoms with Crippen LogP contribution in [-0.2, 0) is 9.47 Å². The normalized spacial score (nSPS) is 18.6. The summed E-state index contributed by atoms with van der Waals surface area (Å²) >= 11 is 0. The van der Waals surface area contributed by atoms with Crippen LogP contribution in [0.15, 0.2) is 36.4 Å². The lowest BCUT2D eigenvalue weighted by molar-refractivity contribution is -0.0120. The first kappa shape index (κ1) is 23.4. The largest absolute Gasteiger partial charge is 0.443 e. The zero-order chi connectivity index (χ0) is 22.7. The van der Waals surface area contributed by atoms with Crippen molar-refractivity contribution in [3.05, 3.63) is 47.5 Å². The summed E-state index contributed by atoms with van der Waals surface area (Å²) < 4.78 is 10.8. The Hall–Kier alpha value is -2.83. The SMILES string of the molecule is Cc1cccc(C(=O)[C@H]2C=CC[C@@H]2N(NC(=O)OC(C)(C)C)C(=O)OC(C)(C)C)c1. The third-order valence-electron chi connectivity index (χ3n) is 4.27. The smallest absolute Gasteiger partial charge is 0.429 e. The molecule has 0 radical (unpaired) electrons. The lowest BCUT2D eigenvalue weighted by Crippen LogP contribution is -2.56. The minimum Gasteiger partial charge on any atom is -0.443 e. The first-order valence-electron chi connectivity index (χ1n) is 10.1. The van der Waals surface area contributed by atoms with Crippen molar-refractivity contribution in [1.82, 2.24) is 10.4 Å². The van der Waals surface area contributed by atoms with Crippen molar-refractivity contribution in [1.29, 1.82) is 0 Å².